The van der Waals surface area contributed by atoms with Gasteiger partial charge < -0.3 is 15.2 Å². The number of nitrogens with two attached hydrogens (primary N) is 1. The Bertz CT molecular complexity index is 414. The van der Waals surface area contributed by atoms with Gasteiger partial charge in [-0.25, -0.2) is 4.39 Å². The number of rotatable bonds is 4. The first-order chi connectivity index (χ1) is 7.80. The van der Waals surface area contributed by atoms with Crippen LogP contribution in [0.1, 0.15) is 19.4 Å². The van der Waals surface area contributed by atoms with Gasteiger partial charge in [-0.3, -0.25) is 0 Å². The van der Waals surface area contributed by atoms with E-state index >= 15 is 0 Å². The van der Waals surface area contributed by atoms with Gasteiger partial charge in [-0.15, -0.1) is 0 Å². The van der Waals surface area contributed by atoms with E-state index in [1.54, 1.807) is 13.8 Å². The summed E-state index contributed by atoms with van der Waals surface area (Å²) >= 11 is 0. The van der Waals surface area contributed by atoms with Gasteiger partial charge in [-0.2, -0.15) is 4.39 Å². The van der Waals surface area contributed by atoms with Crippen molar-refractivity contribution in [2.24, 2.45) is 5.73 Å². The Morgan fingerprint density at radius 2 is 1.76 bits per heavy atom. The van der Waals surface area contributed by atoms with E-state index in [0.717, 1.165) is 0 Å². The van der Waals surface area contributed by atoms with E-state index in [1.807, 2.05) is 0 Å². The van der Waals surface area contributed by atoms with Crippen molar-refractivity contribution in [1.82, 2.24) is 0 Å². The number of hydrogen-bond acceptors (Lipinski definition) is 3. The summed E-state index contributed by atoms with van der Waals surface area (Å²) in [5.74, 6) is -2.07. The lowest BCUT2D eigenvalue weighted by atomic mass is 9.95. The highest BCUT2D eigenvalue weighted by Crippen LogP contribution is 2.33. The summed E-state index contributed by atoms with van der Waals surface area (Å²) in [6.07, 6.45) is 0.256. The van der Waals surface area contributed by atoms with Gasteiger partial charge in [0.05, 0.1) is 14.2 Å². The molecule has 0 saturated carbocycles. The van der Waals surface area contributed by atoms with Crippen LogP contribution in [0, 0.1) is 11.6 Å². The van der Waals surface area contributed by atoms with Crippen molar-refractivity contribution in [3.63, 3.8) is 0 Å². The molecule has 0 aliphatic rings. The lowest BCUT2D eigenvalue weighted by molar-refractivity contribution is 0.329. The van der Waals surface area contributed by atoms with Gasteiger partial charge in [0.15, 0.2) is 17.3 Å². The molecule has 1 rings (SSSR count). The molecule has 2 N–H and O–H groups in total. The zero-order valence-electron chi connectivity index (χ0n) is 10.4. The number of hydrogen-bond donors (Lipinski definition) is 1. The molecule has 3 nitrogen and oxygen atoms in total. The standard InChI is InChI=1S/C12H17F2NO2/c1-12(2,15)6-7-5-8(16-3)10(14)11(17-4)9(7)13/h5H,6,15H2,1-4H3. The van der Waals surface area contributed by atoms with Crippen LogP contribution in [0.4, 0.5) is 8.78 Å². The number of methoxy groups -OCH3 is 2. The predicted octanol–water partition coefficient (Wildman–Crippen LogP) is 2.26. The van der Waals surface area contributed by atoms with Crippen LogP contribution in [-0.4, -0.2) is 19.8 Å². The Labute approximate surface area is 99.5 Å². The molecular formula is C12H17F2NO2. The van der Waals surface area contributed by atoms with Gasteiger partial charge in [0.25, 0.3) is 0 Å². The topological polar surface area (TPSA) is 44.5 Å². The first kappa shape index (κ1) is 13.7. The molecule has 0 saturated heterocycles. The maximum Gasteiger partial charge on any atom is 0.209 e. The zero-order valence-corrected chi connectivity index (χ0v) is 10.4. The molecule has 0 heterocycles. The maximum absolute atomic E-state index is 13.9. The van der Waals surface area contributed by atoms with Crippen LogP contribution in [0.5, 0.6) is 11.5 Å². The van der Waals surface area contributed by atoms with Crippen molar-refractivity contribution < 1.29 is 18.3 Å². The molecule has 0 bridgehead atoms. The highest BCUT2D eigenvalue weighted by atomic mass is 19.1. The molecule has 96 valence electrons. The van der Waals surface area contributed by atoms with Crippen molar-refractivity contribution in [3.8, 4) is 11.5 Å². The van der Waals surface area contributed by atoms with Crippen LogP contribution >= 0.6 is 0 Å². The highest BCUT2D eigenvalue weighted by molar-refractivity contribution is 5.42. The molecule has 0 aromatic heterocycles. The molecule has 0 atom stereocenters. The smallest absolute Gasteiger partial charge is 0.209 e. The minimum Gasteiger partial charge on any atom is -0.494 e. The van der Waals surface area contributed by atoms with Crippen LogP contribution in [0.2, 0.25) is 0 Å². The lowest BCUT2D eigenvalue weighted by Gasteiger charge is -2.20. The Morgan fingerprint density at radius 1 is 1.18 bits per heavy atom. The third kappa shape index (κ3) is 3.06. The summed E-state index contributed by atoms with van der Waals surface area (Å²) < 4.78 is 37.1. The molecule has 0 amide bonds. The van der Waals surface area contributed by atoms with E-state index in [-0.39, 0.29) is 17.7 Å². The first-order valence-corrected chi connectivity index (χ1v) is 5.18. The molecular weight excluding hydrogens is 228 g/mol. The third-order valence-electron chi connectivity index (χ3n) is 2.27. The molecule has 1 aromatic carbocycles. The van der Waals surface area contributed by atoms with Crippen molar-refractivity contribution in [2.45, 2.75) is 25.8 Å². The second kappa shape index (κ2) is 4.87. The monoisotopic (exact) mass is 245 g/mol. The summed E-state index contributed by atoms with van der Waals surface area (Å²) in [6, 6.07) is 1.31. The molecule has 5 heteroatoms. The van der Waals surface area contributed by atoms with Crippen molar-refractivity contribution in [1.29, 1.82) is 0 Å². The minimum absolute atomic E-state index is 0.0532. The molecule has 0 radical (unpaired) electrons. The van der Waals surface area contributed by atoms with Crippen LogP contribution in [0.3, 0.4) is 0 Å². The van der Waals surface area contributed by atoms with E-state index in [1.165, 1.54) is 20.3 Å². The highest BCUT2D eigenvalue weighted by Gasteiger charge is 2.23. The molecule has 0 unspecified atom stereocenters. The van der Waals surface area contributed by atoms with Crippen LogP contribution in [-0.2, 0) is 6.42 Å². The van der Waals surface area contributed by atoms with E-state index < -0.39 is 22.9 Å². The third-order valence-corrected chi connectivity index (χ3v) is 2.27. The van der Waals surface area contributed by atoms with Gasteiger partial charge in [0.1, 0.15) is 0 Å². The predicted molar refractivity (Wildman–Crippen MR) is 61.4 cm³/mol. The average Bonchev–Trinajstić information content (AvgIpc) is 2.21. The van der Waals surface area contributed by atoms with E-state index in [2.05, 4.69) is 0 Å². The largest absolute Gasteiger partial charge is 0.494 e. The fraction of sp³-hybridized carbons (Fsp3) is 0.500. The summed E-state index contributed by atoms with van der Waals surface area (Å²) in [5, 5.41) is 0. The SMILES string of the molecule is COc1cc(CC(C)(C)N)c(F)c(OC)c1F. The van der Waals surface area contributed by atoms with Crippen LogP contribution in [0.15, 0.2) is 6.07 Å². The number of halogens is 2. The van der Waals surface area contributed by atoms with E-state index in [9.17, 15) is 8.78 Å². The zero-order chi connectivity index (χ0) is 13.2. The van der Waals surface area contributed by atoms with Crippen molar-refractivity contribution in [2.75, 3.05) is 14.2 Å². The Hall–Kier alpha value is -1.36. The fourth-order valence-electron chi connectivity index (χ4n) is 1.59. The van der Waals surface area contributed by atoms with Gasteiger partial charge in [0, 0.05) is 5.54 Å². The van der Waals surface area contributed by atoms with E-state index in [4.69, 9.17) is 15.2 Å². The Morgan fingerprint density at radius 3 is 2.18 bits per heavy atom. The Balaban J connectivity index is 3.31. The van der Waals surface area contributed by atoms with Gasteiger partial charge in [0.2, 0.25) is 5.82 Å². The summed E-state index contributed by atoms with van der Waals surface area (Å²) in [7, 11) is 2.52. The summed E-state index contributed by atoms with van der Waals surface area (Å²) in [6.45, 7) is 3.52. The molecule has 0 fully saturated rings. The second-order valence-corrected chi connectivity index (χ2v) is 4.56. The average molecular weight is 245 g/mol. The first-order valence-electron chi connectivity index (χ1n) is 5.18. The number of benzene rings is 1. The van der Waals surface area contributed by atoms with Gasteiger partial charge in [-0.1, -0.05) is 0 Å². The molecule has 0 aliphatic carbocycles. The minimum atomic E-state index is -0.842. The maximum atomic E-state index is 13.9. The molecule has 17 heavy (non-hydrogen) atoms. The van der Waals surface area contributed by atoms with Crippen molar-refractivity contribution in [3.05, 3.63) is 23.3 Å². The normalized spacial score (nSPS) is 11.5. The summed E-state index contributed by atoms with van der Waals surface area (Å²) in [5.41, 5.74) is 5.48. The molecule has 0 aliphatic heterocycles. The van der Waals surface area contributed by atoms with Crippen molar-refractivity contribution >= 4 is 0 Å². The van der Waals surface area contributed by atoms with Crippen LogP contribution in [0.25, 0.3) is 0 Å². The lowest BCUT2D eigenvalue weighted by Crippen LogP contribution is -2.34. The fourth-order valence-corrected chi connectivity index (χ4v) is 1.59. The molecule has 1 aromatic rings. The quantitative estimate of drug-likeness (QED) is 0.885. The molecule has 0 spiro atoms. The van der Waals surface area contributed by atoms with Gasteiger partial charge >= 0.3 is 0 Å². The summed E-state index contributed by atoms with van der Waals surface area (Å²) in [4.78, 5) is 0. The van der Waals surface area contributed by atoms with Crippen LogP contribution < -0.4 is 15.2 Å². The second-order valence-electron chi connectivity index (χ2n) is 4.56. The Kier molecular flexibility index (Phi) is 3.93. The number of ether oxygens (including phenoxy) is 2. The van der Waals surface area contributed by atoms with Gasteiger partial charge in [-0.05, 0) is 31.9 Å². The van der Waals surface area contributed by atoms with E-state index in [0.29, 0.717) is 0 Å².